The first-order valence-corrected chi connectivity index (χ1v) is 11.0. The first kappa shape index (κ1) is 20.3. The molecule has 28 heavy (non-hydrogen) atoms. The Hall–Kier alpha value is -2.45. The second-order valence-electron chi connectivity index (χ2n) is 6.67. The number of benzene rings is 1. The van der Waals surface area contributed by atoms with E-state index in [1.807, 2.05) is 12.1 Å². The van der Waals surface area contributed by atoms with Crippen LogP contribution in [0.3, 0.4) is 0 Å². The van der Waals surface area contributed by atoms with E-state index in [-0.39, 0.29) is 16.4 Å². The van der Waals surface area contributed by atoms with Gasteiger partial charge in [-0.15, -0.1) is 0 Å². The van der Waals surface area contributed by atoms with Crippen molar-refractivity contribution in [2.75, 3.05) is 36.4 Å². The smallest absolute Gasteiger partial charge is 0.255 e. The molecule has 0 atom stereocenters. The number of nitrogens with one attached hydrogen (secondary N) is 1. The average Bonchev–Trinajstić information content (AvgIpc) is 3.24. The zero-order valence-electron chi connectivity index (χ0n) is 16.3. The number of hydrogen-bond acceptors (Lipinski definition) is 5. The van der Waals surface area contributed by atoms with Gasteiger partial charge in [-0.1, -0.05) is 19.9 Å². The van der Waals surface area contributed by atoms with Crippen LogP contribution in [0.4, 0.5) is 11.5 Å². The molecule has 7 nitrogen and oxygen atoms in total. The predicted molar refractivity (Wildman–Crippen MR) is 110 cm³/mol. The molecule has 8 heteroatoms. The van der Waals surface area contributed by atoms with E-state index in [0.29, 0.717) is 18.8 Å². The fourth-order valence-electron chi connectivity index (χ4n) is 3.31. The van der Waals surface area contributed by atoms with Crippen molar-refractivity contribution in [3.63, 3.8) is 0 Å². The van der Waals surface area contributed by atoms with Gasteiger partial charge in [0.25, 0.3) is 5.91 Å². The van der Waals surface area contributed by atoms with Crippen LogP contribution in [-0.4, -0.2) is 49.8 Å². The molecule has 1 aliphatic heterocycles. The summed E-state index contributed by atoms with van der Waals surface area (Å²) in [6, 6.07) is 9.81. The highest BCUT2D eigenvalue weighted by Crippen LogP contribution is 2.20. The van der Waals surface area contributed by atoms with Crippen molar-refractivity contribution in [3.05, 3.63) is 48.2 Å². The number of rotatable bonds is 7. The van der Waals surface area contributed by atoms with Crippen LogP contribution in [0.25, 0.3) is 0 Å². The molecule has 0 radical (unpaired) electrons. The maximum absolute atomic E-state index is 12.7. The minimum atomic E-state index is -3.61. The molecule has 1 amide bonds. The number of carbonyl (C=O) groups excluding carboxylic acids is 1. The summed E-state index contributed by atoms with van der Waals surface area (Å²) >= 11 is 0. The normalized spacial score (nSPS) is 14.5. The molecule has 0 aliphatic carbocycles. The Balaban J connectivity index is 1.74. The standard InChI is InChI=1S/C20H26N4O3S/c1-3-24(4-2)28(26,27)18-9-7-8-16(14-18)20(25)22-17-10-11-19(21-15-17)23-12-5-6-13-23/h7-11,14-15H,3-6,12-13H2,1-2H3,(H,22,25). The van der Waals surface area contributed by atoms with Gasteiger partial charge < -0.3 is 10.2 Å². The maximum Gasteiger partial charge on any atom is 0.255 e. The van der Waals surface area contributed by atoms with E-state index in [0.717, 1.165) is 18.9 Å². The summed E-state index contributed by atoms with van der Waals surface area (Å²) in [5.74, 6) is 0.537. The van der Waals surface area contributed by atoms with Crippen LogP contribution < -0.4 is 10.2 Å². The summed E-state index contributed by atoms with van der Waals surface area (Å²) in [7, 11) is -3.61. The van der Waals surface area contributed by atoms with Gasteiger partial charge in [-0.05, 0) is 43.2 Å². The molecule has 0 unspecified atom stereocenters. The summed E-state index contributed by atoms with van der Waals surface area (Å²) in [6.07, 6.45) is 3.97. The Kier molecular flexibility index (Phi) is 6.31. The second kappa shape index (κ2) is 8.70. The molecule has 0 spiro atoms. The lowest BCUT2D eigenvalue weighted by atomic mass is 10.2. The molecule has 2 heterocycles. The van der Waals surface area contributed by atoms with Crippen molar-refractivity contribution in [1.82, 2.24) is 9.29 Å². The van der Waals surface area contributed by atoms with E-state index in [1.165, 1.54) is 29.3 Å². The van der Waals surface area contributed by atoms with Crippen molar-refractivity contribution in [2.24, 2.45) is 0 Å². The van der Waals surface area contributed by atoms with Crippen molar-refractivity contribution in [3.8, 4) is 0 Å². The number of hydrogen-bond donors (Lipinski definition) is 1. The summed E-state index contributed by atoms with van der Waals surface area (Å²) in [6.45, 7) is 6.35. The average molecular weight is 403 g/mol. The third-order valence-corrected chi connectivity index (χ3v) is 6.92. The van der Waals surface area contributed by atoms with Crippen LogP contribution in [0.15, 0.2) is 47.5 Å². The van der Waals surface area contributed by atoms with Crippen LogP contribution in [-0.2, 0) is 10.0 Å². The molecule has 1 aliphatic rings. The molecule has 1 N–H and O–H groups in total. The summed E-state index contributed by atoms with van der Waals surface area (Å²) < 4.78 is 26.7. The zero-order chi connectivity index (χ0) is 20.1. The minimum Gasteiger partial charge on any atom is -0.357 e. The fourth-order valence-corrected chi connectivity index (χ4v) is 4.81. The molecule has 1 saturated heterocycles. The van der Waals surface area contributed by atoms with E-state index < -0.39 is 10.0 Å². The van der Waals surface area contributed by atoms with Crippen molar-refractivity contribution in [2.45, 2.75) is 31.6 Å². The van der Waals surface area contributed by atoms with Crippen LogP contribution in [0.2, 0.25) is 0 Å². The lowest BCUT2D eigenvalue weighted by Crippen LogP contribution is -2.30. The third-order valence-electron chi connectivity index (χ3n) is 4.88. The SMILES string of the molecule is CCN(CC)S(=O)(=O)c1cccc(C(=O)Nc2ccc(N3CCCC3)nc2)c1. The fraction of sp³-hybridized carbons (Fsp3) is 0.400. The van der Waals surface area contributed by atoms with Crippen LogP contribution >= 0.6 is 0 Å². The van der Waals surface area contributed by atoms with E-state index >= 15 is 0 Å². The molecular formula is C20H26N4O3S. The van der Waals surface area contributed by atoms with Crippen molar-refractivity contribution in [1.29, 1.82) is 0 Å². The Morgan fingerprint density at radius 1 is 1.14 bits per heavy atom. The lowest BCUT2D eigenvalue weighted by molar-refractivity contribution is 0.102. The van der Waals surface area contributed by atoms with E-state index in [2.05, 4.69) is 15.2 Å². The van der Waals surface area contributed by atoms with Gasteiger partial charge in [0.1, 0.15) is 5.82 Å². The van der Waals surface area contributed by atoms with Gasteiger partial charge in [-0.3, -0.25) is 4.79 Å². The van der Waals surface area contributed by atoms with Gasteiger partial charge in [0.15, 0.2) is 0 Å². The van der Waals surface area contributed by atoms with E-state index in [4.69, 9.17) is 0 Å². The number of amides is 1. The summed E-state index contributed by atoms with van der Waals surface area (Å²) in [4.78, 5) is 19.3. The Bertz CT molecular complexity index is 919. The molecule has 0 bridgehead atoms. The van der Waals surface area contributed by atoms with Crippen LogP contribution in [0, 0.1) is 0 Å². The third kappa shape index (κ3) is 4.34. The van der Waals surface area contributed by atoms with Gasteiger partial charge in [-0.2, -0.15) is 4.31 Å². The molecule has 0 saturated carbocycles. The topological polar surface area (TPSA) is 82.6 Å². The van der Waals surface area contributed by atoms with Gasteiger partial charge in [0.05, 0.1) is 16.8 Å². The minimum absolute atomic E-state index is 0.117. The molecule has 1 fully saturated rings. The number of pyridine rings is 1. The maximum atomic E-state index is 12.7. The van der Waals surface area contributed by atoms with Crippen LogP contribution in [0.5, 0.6) is 0 Å². The van der Waals surface area contributed by atoms with Crippen molar-refractivity contribution < 1.29 is 13.2 Å². The first-order valence-electron chi connectivity index (χ1n) is 9.58. The Labute approximate surface area is 166 Å². The highest BCUT2D eigenvalue weighted by Gasteiger charge is 2.22. The van der Waals surface area contributed by atoms with E-state index in [9.17, 15) is 13.2 Å². The predicted octanol–water partition coefficient (Wildman–Crippen LogP) is 2.96. The largest absolute Gasteiger partial charge is 0.357 e. The lowest BCUT2D eigenvalue weighted by Gasteiger charge is -2.18. The number of nitrogens with zero attached hydrogens (tertiary/aromatic N) is 3. The number of carbonyl (C=O) groups is 1. The highest BCUT2D eigenvalue weighted by molar-refractivity contribution is 7.89. The monoisotopic (exact) mass is 402 g/mol. The quantitative estimate of drug-likeness (QED) is 0.770. The molecule has 1 aromatic carbocycles. The number of sulfonamides is 1. The van der Waals surface area contributed by atoms with Crippen molar-refractivity contribution >= 4 is 27.4 Å². The molecule has 2 aromatic rings. The second-order valence-corrected chi connectivity index (χ2v) is 8.61. The number of aromatic nitrogens is 1. The van der Waals surface area contributed by atoms with Gasteiger partial charge >= 0.3 is 0 Å². The molecular weight excluding hydrogens is 376 g/mol. The Morgan fingerprint density at radius 3 is 2.46 bits per heavy atom. The van der Waals surface area contributed by atoms with Gasteiger partial charge in [0, 0.05) is 31.7 Å². The number of anilines is 2. The molecule has 1 aromatic heterocycles. The van der Waals surface area contributed by atoms with Crippen LogP contribution in [0.1, 0.15) is 37.0 Å². The molecule has 150 valence electrons. The summed E-state index contributed by atoms with van der Waals surface area (Å²) in [5.41, 5.74) is 0.863. The Morgan fingerprint density at radius 2 is 1.86 bits per heavy atom. The van der Waals surface area contributed by atoms with E-state index in [1.54, 1.807) is 32.2 Å². The highest BCUT2D eigenvalue weighted by atomic mass is 32.2. The first-order chi connectivity index (χ1) is 13.5. The summed E-state index contributed by atoms with van der Waals surface area (Å²) in [5, 5.41) is 2.78. The van der Waals surface area contributed by atoms with Gasteiger partial charge in [-0.25, -0.2) is 13.4 Å². The molecule has 3 rings (SSSR count). The zero-order valence-corrected chi connectivity index (χ0v) is 17.1. The van der Waals surface area contributed by atoms with Gasteiger partial charge in [0.2, 0.25) is 10.0 Å².